The summed E-state index contributed by atoms with van der Waals surface area (Å²) in [5.74, 6) is 2.47. The van der Waals surface area contributed by atoms with Crippen LogP contribution in [0.4, 0.5) is 15.9 Å². The van der Waals surface area contributed by atoms with E-state index in [1.807, 2.05) is 0 Å². The number of nitrogens with zero attached hydrogens (tertiary/aromatic N) is 3. The zero-order chi connectivity index (χ0) is 21.3. The van der Waals surface area contributed by atoms with E-state index in [1.54, 1.807) is 30.5 Å². The number of ketones is 1. The lowest BCUT2D eigenvalue weighted by atomic mass is 10.0. The Bertz CT molecular complexity index is 1060. The molecule has 0 aliphatic rings. The van der Waals surface area contributed by atoms with Gasteiger partial charge in [0.25, 0.3) is 0 Å². The lowest BCUT2D eigenvalue weighted by Gasteiger charge is -2.10. The molecule has 1 aromatic carbocycles. The summed E-state index contributed by atoms with van der Waals surface area (Å²) in [7, 11) is 0. The fraction of sp³-hybridized carbons (Fsp3) is 0.182. The van der Waals surface area contributed by atoms with Gasteiger partial charge in [-0.25, -0.2) is 19.3 Å². The average molecular weight is 405 g/mol. The van der Waals surface area contributed by atoms with Gasteiger partial charge in [-0.2, -0.15) is 0 Å². The lowest BCUT2D eigenvalue weighted by Crippen LogP contribution is -2.09. The van der Waals surface area contributed by atoms with Crippen molar-refractivity contribution in [3.05, 3.63) is 71.6 Å². The van der Waals surface area contributed by atoms with Crippen LogP contribution in [0.2, 0.25) is 0 Å². The maximum atomic E-state index is 14.2. The van der Waals surface area contributed by atoms with Gasteiger partial charge in [0.2, 0.25) is 5.88 Å². The number of aromatic nitrogens is 3. The molecule has 0 saturated carbocycles. The number of halogens is 1. The van der Waals surface area contributed by atoms with E-state index in [2.05, 4.69) is 26.2 Å². The van der Waals surface area contributed by atoms with E-state index in [4.69, 9.17) is 16.9 Å². The minimum atomic E-state index is -0.380. The zero-order valence-electron chi connectivity index (χ0n) is 16.1. The normalized spacial score (nSPS) is 10.3. The second-order valence-corrected chi connectivity index (χ2v) is 6.36. The molecule has 0 fully saturated rings. The van der Waals surface area contributed by atoms with Gasteiger partial charge in [-0.3, -0.25) is 4.79 Å². The number of hydrogen-bond donors (Lipinski definition) is 2. The number of nitrogen functional groups attached to an aromatic ring is 1. The maximum absolute atomic E-state index is 14.2. The molecule has 0 unspecified atom stereocenters. The Hall–Kier alpha value is -3.99. The highest BCUT2D eigenvalue weighted by molar-refractivity contribution is 5.95. The van der Waals surface area contributed by atoms with Crippen LogP contribution in [-0.4, -0.2) is 27.3 Å². The molecule has 8 heteroatoms. The number of Topliss-reactive ketones (excluding diaryl/α,β-unsaturated/α-hetero) is 1. The third-order valence-electron chi connectivity index (χ3n) is 4.19. The van der Waals surface area contributed by atoms with Crippen molar-refractivity contribution in [1.29, 1.82) is 0 Å². The monoisotopic (exact) mass is 405 g/mol. The molecule has 0 bridgehead atoms. The molecule has 0 amide bonds. The number of carbonyl (C=O) groups is 1. The van der Waals surface area contributed by atoms with Crippen LogP contribution < -0.4 is 15.8 Å². The molecule has 3 aromatic rings. The molecule has 0 aliphatic heterocycles. The summed E-state index contributed by atoms with van der Waals surface area (Å²) in [6, 6.07) is 8.03. The molecule has 2 heterocycles. The number of carbonyl (C=O) groups excluding carboxylic acids is 1. The fourth-order valence-electron chi connectivity index (χ4n) is 2.66. The predicted octanol–water partition coefficient (Wildman–Crippen LogP) is 3.03. The average Bonchev–Trinajstić information content (AvgIpc) is 2.75. The Balaban J connectivity index is 1.63. The number of benzene rings is 1. The van der Waals surface area contributed by atoms with E-state index in [-0.39, 0.29) is 30.3 Å². The van der Waals surface area contributed by atoms with Crippen molar-refractivity contribution >= 4 is 17.3 Å². The van der Waals surface area contributed by atoms with Gasteiger partial charge in [0, 0.05) is 31.1 Å². The Kier molecular flexibility index (Phi) is 6.90. The van der Waals surface area contributed by atoms with E-state index >= 15 is 0 Å². The third kappa shape index (κ3) is 5.52. The minimum Gasteiger partial charge on any atom is -0.476 e. The van der Waals surface area contributed by atoms with E-state index < -0.39 is 0 Å². The van der Waals surface area contributed by atoms with E-state index in [1.165, 1.54) is 18.5 Å². The Labute approximate surface area is 173 Å². The molecule has 3 N–H and O–H groups in total. The fourth-order valence-corrected chi connectivity index (χ4v) is 2.66. The SMILES string of the molecule is C#CCCOc1cnc(C(=O)Cc2ccc(F)c(CNc3cccnc3N)c2)cn1. The highest BCUT2D eigenvalue weighted by Gasteiger charge is 2.12. The van der Waals surface area contributed by atoms with Gasteiger partial charge < -0.3 is 15.8 Å². The number of anilines is 2. The van der Waals surface area contributed by atoms with Crippen LogP contribution in [0.1, 0.15) is 28.0 Å². The lowest BCUT2D eigenvalue weighted by molar-refractivity contribution is 0.0987. The summed E-state index contributed by atoms with van der Waals surface area (Å²) in [5.41, 5.74) is 7.66. The number of rotatable bonds is 9. The molecular weight excluding hydrogens is 385 g/mol. The molecule has 7 nitrogen and oxygen atoms in total. The van der Waals surface area contributed by atoms with Gasteiger partial charge in [-0.15, -0.1) is 12.3 Å². The summed E-state index contributed by atoms with van der Waals surface area (Å²) in [6.45, 7) is 0.531. The molecule has 3 rings (SSSR count). The van der Waals surface area contributed by atoms with Crippen molar-refractivity contribution in [2.45, 2.75) is 19.4 Å². The van der Waals surface area contributed by atoms with Crippen LogP contribution in [0, 0.1) is 18.2 Å². The summed E-state index contributed by atoms with van der Waals surface area (Å²) < 4.78 is 19.5. The van der Waals surface area contributed by atoms with Gasteiger partial charge in [0.15, 0.2) is 5.78 Å². The molecule has 0 aliphatic carbocycles. The molecule has 0 saturated heterocycles. The minimum absolute atomic E-state index is 0.0638. The smallest absolute Gasteiger partial charge is 0.232 e. The Morgan fingerprint density at radius 3 is 2.83 bits per heavy atom. The summed E-state index contributed by atoms with van der Waals surface area (Å²) in [6.07, 6.45) is 9.98. The van der Waals surface area contributed by atoms with Crippen molar-refractivity contribution in [3.63, 3.8) is 0 Å². The van der Waals surface area contributed by atoms with E-state index in [9.17, 15) is 9.18 Å². The molecule has 2 aromatic heterocycles. The van der Waals surface area contributed by atoms with E-state index in [0.29, 0.717) is 41.5 Å². The molecule has 152 valence electrons. The van der Waals surface area contributed by atoms with Crippen molar-refractivity contribution in [2.75, 3.05) is 17.7 Å². The number of nitrogens with one attached hydrogen (secondary N) is 1. The van der Waals surface area contributed by atoms with Crippen LogP contribution in [0.15, 0.2) is 48.9 Å². The quantitative estimate of drug-likeness (QED) is 0.320. The first kappa shape index (κ1) is 20.7. The first-order valence-corrected chi connectivity index (χ1v) is 9.20. The molecular formula is C22H20FN5O2. The van der Waals surface area contributed by atoms with Crippen LogP contribution >= 0.6 is 0 Å². The highest BCUT2D eigenvalue weighted by Crippen LogP contribution is 2.18. The number of nitrogens with two attached hydrogens (primary N) is 1. The van der Waals surface area contributed by atoms with Crippen LogP contribution in [0.3, 0.4) is 0 Å². The molecule has 0 atom stereocenters. The number of terminal acetylenes is 1. The van der Waals surface area contributed by atoms with Crippen LogP contribution in [0.25, 0.3) is 0 Å². The second kappa shape index (κ2) is 9.98. The van der Waals surface area contributed by atoms with Gasteiger partial charge in [0.05, 0.1) is 18.1 Å². The van der Waals surface area contributed by atoms with Gasteiger partial charge in [0.1, 0.15) is 23.9 Å². The van der Waals surface area contributed by atoms with Crippen molar-refractivity contribution < 1.29 is 13.9 Å². The number of hydrogen-bond acceptors (Lipinski definition) is 7. The second-order valence-electron chi connectivity index (χ2n) is 6.36. The summed E-state index contributed by atoms with van der Waals surface area (Å²) >= 11 is 0. The van der Waals surface area contributed by atoms with Crippen LogP contribution in [-0.2, 0) is 13.0 Å². The summed E-state index contributed by atoms with van der Waals surface area (Å²) in [5, 5.41) is 3.05. The maximum Gasteiger partial charge on any atom is 0.232 e. The largest absolute Gasteiger partial charge is 0.476 e. The molecule has 0 spiro atoms. The third-order valence-corrected chi connectivity index (χ3v) is 4.19. The standard InChI is InChI=1S/C22H20FN5O2/c1-2-3-9-30-21-14-27-19(13-28-21)20(29)11-15-6-7-17(23)16(10-15)12-26-18-5-4-8-25-22(18)24/h1,4-8,10,13-14,26H,3,9,11-12H2,(H2,24,25). The van der Waals surface area contributed by atoms with Gasteiger partial charge in [-0.05, 0) is 23.8 Å². The van der Waals surface area contributed by atoms with Gasteiger partial charge >= 0.3 is 0 Å². The Morgan fingerprint density at radius 1 is 1.23 bits per heavy atom. The van der Waals surface area contributed by atoms with Crippen molar-refractivity contribution in [2.24, 2.45) is 0 Å². The van der Waals surface area contributed by atoms with E-state index in [0.717, 1.165) is 0 Å². The number of pyridine rings is 1. The van der Waals surface area contributed by atoms with Crippen LogP contribution in [0.5, 0.6) is 5.88 Å². The van der Waals surface area contributed by atoms with Crippen molar-refractivity contribution in [1.82, 2.24) is 15.0 Å². The summed E-state index contributed by atoms with van der Waals surface area (Å²) in [4.78, 5) is 24.6. The van der Waals surface area contributed by atoms with Crippen molar-refractivity contribution in [3.8, 4) is 18.2 Å². The zero-order valence-corrected chi connectivity index (χ0v) is 16.1. The first-order valence-electron chi connectivity index (χ1n) is 9.20. The van der Waals surface area contributed by atoms with Gasteiger partial charge in [-0.1, -0.05) is 12.1 Å². The molecule has 30 heavy (non-hydrogen) atoms. The number of ether oxygens (including phenoxy) is 1. The molecule has 0 radical (unpaired) electrons. The highest BCUT2D eigenvalue weighted by atomic mass is 19.1. The predicted molar refractivity (Wildman–Crippen MR) is 111 cm³/mol. The topological polar surface area (TPSA) is 103 Å². The first-order chi connectivity index (χ1) is 14.6. The Morgan fingerprint density at radius 2 is 2.10 bits per heavy atom.